The molecule has 9 nitrogen and oxygen atoms in total. The molecule has 0 aromatic carbocycles. The molecule has 2 atom stereocenters. The van der Waals surface area contributed by atoms with Crippen LogP contribution in [0, 0.1) is 0 Å². The Bertz CT molecular complexity index is 701. The van der Waals surface area contributed by atoms with E-state index in [1.165, 1.54) is 7.11 Å². The first-order valence-electron chi connectivity index (χ1n) is 7.86. The van der Waals surface area contributed by atoms with Crippen LogP contribution in [0.3, 0.4) is 0 Å². The Morgan fingerprint density at radius 3 is 2.54 bits per heavy atom. The molecule has 1 aliphatic heterocycles. The SMILES string of the molecule is COCCn1c(N)c(C(=O)CN2CC(C)OC(C)C2)c(=O)[nH]c1=O. The van der Waals surface area contributed by atoms with Gasteiger partial charge < -0.3 is 15.2 Å². The molecule has 3 N–H and O–H groups in total. The molecule has 1 aromatic heterocycles. The summed E-state index contributed by atoms with van der Waals surface area (Å²) < 4.78 is 11.7. The zero-order valence-electron chi connectivity index (χ0n) is 14.2. The lowest BCUT2D eigenvalue weighted by molar-refractivity contribution is -0.0652. The summed E-state index contributed by atoms with van der Waals surface area (Å²) in [6.45, 7) is 5.49. The van der Waals surface area contributed by atoms with E-state index in [-0.39, 0.29) is 43.3 Å². The van der Waals surface area contributed by atoms with Crippen molar-refractivity contribution in [2.24, 2.45) is 0 Å². The van der Waals surface area contributed by atoms with E-state index >= 15 is 0 Å². The van der Waals surface area contributed by atoms with Gasteiger partial charge in [-0.1, -0.05) is 0 Å². The Kier molecular flexibility index (Phi) is 5.92. The second-order valence-corrected chi connectivity index (χ2v) is 6.04. The molecule has 1 fully saturated rings. The number of H-pyrrole nitrogens is 1. The number of aromatic nitrogens is 2. The fourth-order valence-electron chi connectivity index (χ4n) is 2.96. The molecule has 1 aromatic rings. The topological polar surface area (TPSA) is 120 Å². The molecule has 0 saturated carbocycles. The van der Waals surface area contributed by atoms with E-state index in [0.717, 1.165) is 4.57 Å². The molecular formula is C15H24N4O5. The van der Waals surface area contributed by atoms with Crippen molar-refractivity contribution >= 4 is 11.6 Å². The summed E-state index contributed by atoms with van der Waals surface area (Å²) in [5.74, 6) is -0.540. The molecule has 0 radical (unpaired) electrons. The standard InChI is InChI=1S/C15H24N4O5/c1-9-6-18(7-10(2)24-9)8-11(20)12-13(16)19(4-5-23-3)15(22)17-14(12)21/h9-10H,4-8,16H2,1-3H3,(H,17,21,22). The van der Waals surface area contributed by atoms with Crippen LogP contribution in [0.1, 0.15) is 24.2 Å². The fourth-order valence-corrected chi connectivity index (χ4v) is 2.96. The number of methoxy groups -OCH3 is 1. The highest BCUT2D eigenvalue weighted by molar-refractivity contribution is 6.01. The highest BCUT2D eigenvalue weighted by Gasteiger charge is 2.26. The van der Waals surface area contributed by atoms with Gasteiger partial charge in [0.25, 0.3) is 5.56 Å². The van der Waals surface area contributed by atoms with Crippen LogP contribution in [-0.2, 0) is 16.0 Å². The summed E-state index contributed by atoms with van der Waals surface area (Å²) in [5.41, 5.74) is 4.32. The number of nitrogens with one attached hydrogen (secondary N) is 1. The molecule has 0 bridgehead atoms. The number of rotatable bonds is 6. The third-order valence-electron chi connectivity index (χ3n) is 3.90. The van der Waals surface area contributed by atoms with Gasteiger partial charge in [-0.15, -0.1) is 0 Å². The first kappa shape index (κ1) is 18.4. The maximum atomic E-state index is 12.6. The van der Waals surface area contributed by atoms with E-state index in [1.54, 1.807) is 0 Å². The van der Waals surface area contributed by atoms with Crippen molar-refractivity contribution < 1.29 is 14.3 Å². The molecule has 134 valence electrons. The summed E-state index contributed by atoms with van der Waals surface area (Å²) in [7, 11) is 1.49. The molecule has 1 saturated heterocycles. The van der Waals surface area contributed by atoms with Gasteiger partial charge in [-0.05, 0) is 13.8 Å². The number of morpholine rings is 1. The van der Waals surface area contributed by atoms with Gasteiger partial charge in [0, 0.05) is 20.2 Å². The molecule has 0 aliphatic carbocycles. The van der Waals surface area contributed by atoms with E-state index in [2.05, 4.69) is 4.98 Å². The van der Waals surface area contributed by atoms with E-state index in [0.29, 0.717) is 13.1 Å². The lowest BCUT2D eigenvalue weighted by atomic mass is 10.1. The minimum atomic E-state index is -0.759. The highest BCUT2D eigenvalue weighted by Crippen LogP contribution is 2.12. The number of carbonyl (C=O) groups is 1. The van der Waals surface area contributed by atoms with Gasteiger partial charge in [-0.3, -0.25) is 24.0 Å². The Labute approximate surface area is 139 Å². The summed E-state index contributed by atoms with van der Waals surface area (Å²) in [6, 6.07) is 0. The van der Waals surface area contributed by atoms with Gasteiger partial charge in [0.2, 0.25) is 0 Å². The normalized spacial score (nSPS) is 21.8. The predicted molar refractivity (Wildman–Crippen MR) is 88.4 cm³/mol. The molecule has 24 heavy (non-hydrogen) atoms. The van der Waals surface area contributed by atoms with Gasteiger partial charge in [0.15, 0.2) is 5.78 Å². The van der Waals surface area contributed by atoms with E-state index in [4.69, 9.17) is 15.2 Å². The Morgan fingerprint density at radius 1 is 1.33 bits per heavy atom. The van der Waals surface area contributed by atoms with Crippen molar-refractivity contribution in [3.8, 4) is 0 Å². The Balaban J connectivity index is 2.25. The largest absolute Gasteiger partial charge is 0.384 e. The number of Topliss-reactive ketones (excluding diaryl/α,β-unsaturated/α-hetero) is 1. The lowest BCUT2D eigenvalue weighted by Gasteiger charge is -2.34. The van der Waals surface area contributed by atoms with Crippen LogP contribution in [0.4, 0.5) is 5.82 Å². The fraction of sp³-hybridized carbons (Fsp3) is 0.667. The van der Waals surface area contributed by atoms with E-state index < -0.39 is 17.0 Å². The zero-order valence-corrected chi connectivity index (χ0v) is 14.2. The van der Waals surface area contributed by atoms with Gasteiger partial charge in [0.05, 0.1) is 31.9 Å². The van der Waals surface area contributed by atoms with Crippen LogP contribution in [0.5, 0.6) is 0 Å². The predicted octanol–water partition coefficient (Wildman–Crippen LogP) is -0.943. The smallest absolute Gasteiger partial charge is 0.330 e. The molecular weight excluding hydrogens is 316 g/mol. The summed E-state index contributed by atoms with van der Waals surface area (Å²) in [5, 5.41) is 0. The molecule has 1 aliphatic rings. The van der Waals surface area contributed by atoms with Gasteiger partial charge in [0.1, 0.15) is 11.4 Å². The number of ether oxygens (including phenoxy) is 2. The number of carbonyl (C=O) groups excluding carboxylic acids is 1. The first-order chi connectivity index (χ1) is 11.3. The molecule has 2 unspecified atom stereocenters. The van der Waals surface area contributed by atoms with Gasteiger partial charge >= 0.3 is 5.69 Å². The van der Waals surface area contributed by atoms with Crippen molar-refractivity contribution in [1.82, 2.24) is 14.5 Å². The number of anilines is 1. The number of hydrogen-bond acceptors (Lipinski definition) is 7. The Hall–Kier alpha value is -1.97. The number of hydrogen-bond donors (Lipinski definition) is 2. The van der Waals surface area contributed by atoms with Crippen molar-refractivity contribution in [1.29, 1.82) is 0 Å². The summed E-state index contributed by atoms with van der Waals surface area (Å²) in [6.07, 6.45) is 0.0145. The van der Waals surface area contributed by atoms with Gasteiger partial charge in [-0.25, -0.2) is 4.79 Å². The summed E-state index contributed by atoms with van der Waals surface area (Å²) >= 11 is 0. The molecule has 9 heteroatoms. The second-order valence-electron chi connectivity index (χ2n) is 6.04. The number of aromatic amines is 1. The molecule has 2 heterocycles. The van der Waals surface area contributed by atoms with Crippen molar-refractivity contribution in [2.75, 3.05) is 39.1 Å². The van der Waals surface area contributed by atoms with Crippen LogP contribution in [0.25, 0.3) is 0 Å². The monoisotopic (exact) mass is 340 g/mol. The molecule has 0 spiro atoms. The van der Waals surface area contributed by atoms with E-state index in [9.17, 15) is 14.4 Å². The highest BCUT2D eigenvalue weighted by atomic mass is 16.5. The van der Waals surface area contributed by atoms with Crippen LogP contribution < -0.4 is 17.0 Å². The van der Waals surface area contributed by atoms with Crippen LogP contribution >= 0.6 is 0 Å². The third-order valence-corrected chi connectivity index (χ3v) is 3.90. The number of nitrogens with two attached hydrogens (primary N) is 1. The number of nitrogen functional groups attached to an aromatic ring is 1. The molecule has 2 rings (SSSR count). The van der Waals surface area contributed by atoms with Crippen LogP contribution in [-0.4, -0.2) is 65.8 Å². The maximum Gasteiger partial charge on any atom is 0.330 e. The molecule has 0 amide bonds. The van der Waals surface area contributed by atoms with E-state index in [1.807, 2.05) is 18.7 Å². The first-order valence-corrected chi connectivity index (χ1v) is 7.86. The second kappa shape index (κ2) is 7.73. The zero-order chi connectivity index (χ0) is 17.9. The van der Waals surface area contributed by atoms with Crippen molar-refractivity contribution in [3.05, 3.63) is 26.4 Å². The third kappa shape index (κ3) is 4.11. The summed E-state index contributed by atoms with van der Waals surface area (Å²) in [4.78, 5) is 40.5. The minimum Gasteiger partial charge on any atom is -0.384 e. The lowest BCUT2D eigenvalue weighted by Crippen LogP contribution is -2.48. The van der Waals surface area contributed by atoms with Gasteiger partial charge in [-0.2, -0.15) is 0 Å². The average Bonchev–Trinajstić information content (AvgIpc) is 2.45. The Morgan fingerprint density at radius 2 is 1.96 bits per heavy atom. The number of ketones is 1. The van der Waals surface area contributed by atoms with Crippen LogP contribution in [0.15, 0.2) is 9.59 Å². The average molecular weight is 340 g/mol. The van der Waals surface area contributed by atoms with Crippen LogP contribution in [0.2, 0.25) is 0 Å². The maximum absolute atomic E-state index is 12.6. The quantitative estimate of drug-likeness (QED) is 0.641. The number of nitrogens with zero attached hydrogens (tertiary/aromatic N) is 2. The van der Waals surface area contributed by atoms with Crippen molar-refractivity contribution in [3.63, 3.8) is 0 Å². The minimum absolute atomic E-state index is 0.00726. The van der Waals surface area contributed by atoms with Crippen molar-refractivity contribution in [2.45, 2.75) is 32.6 Å².